The van der Waals surface area contributed by atoms with Crippen LogP contribution < -0.4 is 11.5 Å². The normalized spacial score (nSPS) is 13.9. The number of nitrogens with two attached hydrogens (primary N) is 2. The molecule has 0 saturated heterocycles. The molecular weight excluding hydrogens is 192 g/mol. The highest BCUT2D eigenvalue weighted by molar-refractivity contribution is 5.72. The summed E-state index contributed by atoms with van der Waals surface area (Å²) in [5.41, 5.74) is 10.5. The largest absolute Gasteiger partial charge is 0.456 e. The van der Waals surface area contributed by atoms with Gasteiger partial charge in [-0.1, -0.05) is 11.6 Å². The molecule has 0 aliphatic heterocycles. The minimum Gasteiger partial charge on any atom is -0.456 e. The van der Waals surface area contributed by atoms with Crippen LogP contribution in [0.3, 0.4) is 0 Å². The summed E-state index contributed by atoms with van der Waals surface area (Å²) >= 11 is 0. The molecule has 0 aromatic heterocycles. The van der Waals surface area contributed by atoms with Gasteiger partial charge in [0.2, 0.25) is 0 Å². The summed E-state index contributed by atoms with van der Waals surface area (Å²) in [6.45, 7) is 8.79. The van der Waals surface area contributed by atoms with E-state index < -0.39 is 11.3 Å². The zero-order valence-corrected chi connectivity index (χ0v) is 10.3. The first-order valence-corrected chi connectivity index (χ1v) is 5.01. The molecule has 0 radical (unpaired) electrons. The Hall–Kier alpha value is -0.870. The lowest BCUT2D eigenvalue weighted by atomic mass is 9.94. The molecule has 0 atom stereocenters. The Morgan fingerprint density at radius 2 is 1.80 bits per heavy atom. The molecule has 0 spiro atoms. The Kier molecular flexibility index (Phi) is 4.49. The van der Waals surface area contributed by atoms with Crippen LogP contribution in [0.4, 0.5) is 0 Å². The topological polar surface area (TPSA) is 78.3 Å². The molecule has 0 aromatic rings. The van der Waals surface area contributed by atoms with Crippen molar-refractivity contribution in [2.75, 3.05) is 0 Å². The fourth-order valence-corrected chi connectivity index (χ4v) is 0.760. The molecule has 88 valence electrons. The van der Waals surface area contributed by atoms with Crippen molar-refractivity contribution in [1.29, 1.82) is 0 Å². The maximum absolute atomic E-state index is 11.5. The maximum atomic E-state index is 11.5. The van der Waals surface area contributed by atoms with E-state index in [2.05, 4.69) is 0 Å². The highest BCUT2D eigenvalue weighted by Gasteiger charge is 2.37. The standard InChI is InChI=1S/C11H22N2O2/c1-6-8(2)7-9(14)15-10(3,4)11(5,12)13/h6H,7,12-13H2,1-5H3/b8-6+. The van der Waals surface area contributed by atoms with Crippen LogP contribution in [-0.2, 0) is 9.53 Å². The van der Waals surface area contributed by atoms with E-state index >= 15 is 0 Å². The minimum atomic E-state index is -1.05. The van der Waals surface area contributed by atoms with E-state index in [0.717, 1.165) is 5.57 Å². The molecule has 0 bridgehead atoms. The summed E-state index contributed by atoms with van der Waals surface area (Å²) in [5, 5.41) is 0. The Morgan fingerprint density at radius 1 is 1.33 bits per heavy atom. The predicted molar refractivity (Wildman–Crippen MR) is 61.0 cm³/mol. The summed E-state index contributed by atoms with van der Waals surface area (Å²) in [5.74, 6) is -0.308. The maximum Gasteiger partial charge on any atom is 0.310 e. The SMILES string of the molecule is C/C=C(\C)CC(=O)OC(C)(C)C(C)(N)N. The van der Waals surface area contributed by atoms with Gasteiger partial charge in [-0.15, -0.1) is 0 Å². The van der Waals surface area contributed by atoms with Gasteiger partial charge in [-0.25, -0.2) is 0 Å². The van der Waals surface area contributed by atoms with Gasteiger partial charge in [-0.05, 0) is 34.6 Å². The van der Waals surface area contributed by atoms with Crippen molar-refractivity contribution in [3.63, 3.8) is 0 Å². The van der Waals surface area contributed by atoms with E-state index in [1.54, 1.807) is 20.8 Å². The number of allylic oxidation sites excluding steroid dienone is 1. The Morgan fingerprint density at radius 3 is 2.13 bits per heavy atom. The van der Waals surface area contributed by atoms with Gasteiger partial charge in [0.1, 0.15) is 11.3 Å². The molecule has 0 aliphatic rings. The summed E-state index contributed by atoms with van der Waals surface area (Å²) in [6, 6.07) is 0. The summed E-state index contributed by atoms with van der Waals surface area (Å²) in [4.78, 5) is 11.5. The number of carbonyl (C=O) groups is 1. The molecule has 4 nitrogen and oxygen atoms in total. The highest BCUT2D eigenvalue weighted by Crippen LogP contribution is 2.20. The zero-order valence-electron chi connectivity index (χ0n) is 10.3. The van der Waals surface area contributed by atoms with Gasteiger partial charge in [0, 0.05) is 0 Å². The first kappa shape index (κ1) is 14.1. The van der Waals surface area contributed by atoms with Crippen molar-refractivity contribution in [2.24, 2.45) is 11.5 Å². The Balaban J connectivity index is 4.42. The first-order chi connectivity index (χ1) is 6.60. The third-order valence-corrected chi connectivity index (χ3v) is 2.58. The molecule has 0 fully saturated rings. The number of esters is 1. The van der Waals surface area contributed by atoms with E-state index in [9.17, 15) is 4.79 Å². The number of hydrogen-bond donors (Lipinski definition) is 2. The second kappa shape index (κ2) is 4.77. The predicted octanol–water partition coefficient (Wildman–Crippen LogP) is 1.30. The quantitative estimate of drug-likeness (QED) is 0.420. The van der Waals surface area contributed by atoms with Gasteiger partial charge in [-0.2, -0.15) is 0 Å². The lowest BCUT2D eigenvalue weighted by Gasteiger charge is -2.37. The number of carbonyl (C=O) groups excluding carboxylic acids is 1. The van der Waals surface area contributed by atoms with Gasteiger partial charge in [0.15, 0.2) is 0 Å². The van der Waals surface area contributed by atoms with E-state index in [4.69, 9.17) is 16.2 Å². The first-order valence-electron chi connectivity index (χ1n) is 5.01. The van der Waals surface area contributed by atoms with E-state index in [1.807, 2.05) is 19.9 Å². The zero-order chi connectivity index (χ0) is 12.3. The van der Waals surface area contributed by atoms with Crippen LogP contribution in [0.5, 0.6) is 0 Å². The summed E-state index contributed by atoms with van der Waals surface area (Å²) in [6.07, 6.45) is 2.15. The fourth-order valence-electron chi connectivity index (χ4n) is 0.760. The van der Waals surface area contributed by atoms with Gasteiger partial charge < -0.3 is 16.2 Å². The second-order valence-corrected chi connectivity index (χ2v) is 4.58. The third-order valence-electron chi connectivity index (χ3n) is 2.58. The fraction of sp³-hybridized carbons (Fsp3) is 0.727. The van der Waals surface area contributed by atoms with Crippen molar-refractivity contribution in [3.05, 3.63) is 11.6 Å². The Labute approximate surface area is 91.7 Å². The molecule has 15 heavy (non-hydrogen) atoms. The summed E-state index contributed by atoms with van der Waals surface area (Å²) < 4.78 is 5.24. The Bertz CT molecular complexity index is 262. The third kappa shape index (κ3) is 4.44. The molecule has 0 rings (SSSR count). The minimum absolute atomic E-state index is 0.274. The van der Waals surface area contributed by atoms with Crippen molar-refractivity contribution < 1.29 is 9.53 Å². The number of rotatable bonds is 4. The second-order valence-electron chi connectivity index (χ2n) is 4.58. The van der Waals surface area contributed by atoms with E-state index in [0.29, 0.717) is 0 Å². The summed E-state index contributed by atoms with van der Waals surface area (Å²) in [7, 11) is 0. The lowest BCUT2D eigenvalue weighted by molar-refractivity contribution is -0.161. The van der Waals surface area contributed by atoms with Crippen LogP contribution in [0.15, 0.2) is 11.6 Å². The number of hydrogen-bond acceptors (Lipinski definition) is 4. The van der Waals surface area contributed by atoms with Gasteiger partial charge in [0.05, 0.1) is 6.42 Å². The van der Waals surface area contributed by atoms with Crippen LogP contribution in [0.2, 0.25) is 0 Å². The average molecular weight is 214 g/mol. The van der Waals surface area contributed by atoms with Crippen LogP contribution in [0.25, 0.3) is 0 Å². The molecule has 0 aromatic carbocycles. The number of ether oxygens (including phenoxy) is 1. The van der Waals surface area contributed by atoms with Crippen LogP contribution in [0, 0.1) is 0 Å². The average Bonchev–Trinajstić information content (AvgIpc) is 2.00. The highest BCUT2D eigenvalue weighted by atomic mass is 16.6. The van der Waals surface area contributed by atoms with Gasteiger partial charge in [0.25, 0.3) is 0 Å². The molecule has 4 heteroatoms. The molecule has 0 saturated carbocycles. The smallest absolute Gasteiger partial charge is 0.310 e. The van der Waals surface area contributed by atoms with E-state index in [-0.39, 0.29) is 12.4 Å². The molecule has 0 amide bonds. The molecule has 4 N–H and O–H groups in total. The van der Waals surface area contributed by atoms with Gasteiger partial charge in [-0.3, -0.25) is 4.79 Å². The van der Waals surface area contributed by atoms with E-state index in [1.165, 1.54) is 0 Å². The van der Waals surface area contributed by atoms with Crippen molar-refractivity contribution in [2.45, 2.75) is 52.3 Å². The lowest BCUT2D eigenvalue weighted by Crippen LogP contribution is -2.63. The van der Waals surface area contributed by atoms with Crippen LogP contribution in [0.1, 0.15) is 41.0 Å². The monoisotopic (exact) mass is 214 g/mol. The van der Waals surface area contributed by atoms with Gasteiger partial charge >= 0.3 is 5.97 Å². The molecule has 0 aliphatic carbocycles. The molecule has 0 unspecified atom stereocenters. The van der Waals surface area contributed by atoms with Crippen molar-refractivity contribution >= 4 is 5.97 Å². The molecular formula is C11H22N2O2. The van der Waals surface area contributed by atoms with Crippen LogP contribution in [-0.4, -0.2) is 17.2 Å². The van der Waals surface area contributed by atoms with Crippen LogP contribution >= 0.6 is 0 Å². The molecule has 0 heterocycles. The van der Waals surface area contributed by atoms with Crippen molar-refractivity contribution in [1.82, 2.24) is 0 Å². The van der Waals surface area contributed by atoms with Crippen molar-refractivity contribution in [3.8, 4) is 0 Å².